The molecule has 0 aliphatic heterocycles. The van der Waals surface area contributed by atoms with Crippen LogP contribution >= 0.6 is 0 Å². The van der Waals surface area contributed by atoms with Gasteiger partial charge in [-0.05, 0) is 52.0 Å². The normalized spacial score (nSPS) is 18.0. The molecule has 1 aromatic rings. The molecule has 0 unspecified atom stereocenters. The second kappa shape index (κ2) is 6.32. The zero-order chi connectivity index (χ0) is 18.5. The zero-order valence-electron chi connectivity index (χ0n) is 15.6. The second-order valence-electron chi connectivity index (χ2n) is 7.28. The Hall–Kier alpha value is -2.11. The Balaban J connectivity index is 1.94. The van der Waals surface area contributed by atoms with E-state index >= 15 is 0 Å². The summed E-state index contributed by atoms with van der Waals surface area (Å²) in [5, 5.41) is 0. The molecular weight excluding hydrogens is 320 g/mol. The second-order valence-corrected chi connectivity index (χ2v) is 7.28. The summed E-state index contributed by atoms with van der Waals surface area (Å²) in [6.45, 7) is 5.40. The summed E-state index contributed by atoms with van der Waals surface area (Å²) >= 11 is 0. The quantitative estimate of drug-likeness (QED) is 0.586. The number of rotatable bonds is 6. The number of amides is 1. The van der Waals surface area contributed by atoms with Crippen molar-refractivity contribution in [2.75, 3.05) is 7.11 Å². The molecule has 0 radical (unpaired) electrons. The topological polar surface area (TPSA) is 68.6 Å². The van der Waals surface area contributed by atoms with Gasteiger partial charge in [-0.3, -0.25) is 9.59 Å². The summed E-state index contributed by atoms with van der Waals surface area (Å²) in [6, 6.07) is -0.317. The molecule has 2 fully saturated rings. The van der Waals surface area contributed by atoms with Crippen LogP contribution in [0.3, 0.4) is 0 Å². The third-order valence-corrected chi connectivity index (χ3v) is 5.47. The molecule has 3 rings (SSSR count). The first-order chi connectivity index (χ1) is 11.8. The number of esters is 1. The van der Waals surface area contributed by atoms with Crippen molar-refractivity contribution in [2.24, 2.45) is 13.0 Å². The molecule has 136 valence electrons. The van der Waals surface area contributed by atoms with E-state index in [0.29, 0.717) is 16.8 Å². The Labute approximate surface area is 148 Å². The van der Waals surface area contributed by atoms with Crippen LogP contribution in [0.2, 0.25) is 0 Å². The van der Waals surface area contributed by atoms with Crippen molar-refractivity contribution in [1.82, 2.24) is 9.47 Å². The Bertz CT molecular complexity index is 741. The number of methoxy groups -OCH3 is 1. The first-order valence-electron chi connectivity index (χ1n) is 8.90. The fraction of sp³-hybridized carbons (Fsp3) is 0.632. The number of carbonyl (C=O) groups is 3. The lowest BCUT2D eigenvalue weighted by Crippen LogP contribution is -2.45. The smallest absolute Gasteiger partial charge is 0.354 e. The zero-order valence-corrected chi connectivity index (χ0v) is 15.6. The average molecular weight is 346 g/mol. The molecule has 2 aliphatic carbocycles. The number of aromatic nitrogens is 1. The third kappa shape index (κ3) is 2.98. The minimum absolute atomic E-state index is 0.0957. The molecule has 1 heterocycles. The van der Waals surface area contributed by atoms with Gasteiger partial charge in [0.05, 0.1) is 13.2 Å². The fourth-order valence-electron chi connectivity index (χ4n) is 3.64. The lowest BCUT2D eigenvalue weighted by Gasteiger charge is -2.29. The van der Waals surface area contributed by atoms with Gasteiger partial charge in [-0.2, -0.15) is 0 Å². The molecular formula is C19H26N2O4. The van der Waals surface area contributed by atoms with Gasteiger partial charge in [0, 0.05) is 30.3 Å². The monoisotopic (exact) mass is 346 g/mol. The number of hydrogen-bond acceptors (Lipinski definition) is 4. The number of Topliss-reactive ketones (excluding diaryl/α,β-unsaturated/α-hetero) is 1. The average Bonchev–Trinajstić information content (AvgIpc) is 3.46. The lowest BCUT2D eigenvalue weighted by atomic mass is 9.99. The molecule has 0 spiro atoms. The van der Waals surface area contributed by atoms with Gasteiger partial charge < -0.3 is 14.2 Å². The molecule has 2 aliphatic rings. The number of hydrogen-bond donors (Lipinski definition) is 0. The number of ether oxygens (including phenoxy) is 1. The molecule has 1 atom stereocenters. The lowest BCUT2D eigenvalue weighted by molar-refractivity contribution is -0.134. The molecule has 0 aromatic carbocycles. The summed E-state index contributed by atoms with van der Waals surface area (Å²) in [5.74, 6) is -0.341. The van der Waals surface area contributed by atoms with Crippen molar-refractivity contribution < 1.29 is 19.1 Å². The molecule has 1 aromatic heterocycles. The van der Waals surface area contributed by atoms with Crippen LogP contribution in [0.5, 0.6) is 0 Å². The first-order valence-corrected chi connectivity index (χ1v) is 8.90. The maximum absolute atomic E-state index is 13.2. The Morgan fingerprint density at radius 2 is 1.76 bits per heavy atom. The van der Waals surface area contributed by atoms with Gasteiger partial charge in [0.2, 0.25) is 5.91 Å². The van der Waals surface area contributed by atoms with Crippen molar-refractivity contribution in [3.05, 3.63) is 22.5 Å². The summed E-state index contributed by atoms with van der Waals surface area (Å²) in [5.41, 5.74) is 2.27. The van der Waals surface area contributed by atoms with Gasteiger partial charge >= 0.3 is 5.97 Å². The maximum atomic E-state index is 13.2. The van der Waals surface area contributed by atoms with Crippen LogP contribution in [-0.4, -0.2) is 46.3 Å². The highest BCUT2D eigenvalue weighted by Gasteiger charge is 2.44. The fourth-order valence-corrected chi connectivity index (χ4v) is 3.64. The third-order valence-electron chi connectivity index (χ3n) is 5.47. The summed E-state index contributed by atoms with van der Waals surface area (Å²) in [4.78, 5) is 39.7. The Morgan fingerprint density at radius 3 is 2.24 bits per heavy atom. The van der Waals surface area contributed by atoms with Crippen LogP contribution in [0.15, 0.2) is 0 Å². The summed E-state index contributed by atoms with van der Waals surface area (Å²) in [7, 11) is 3.08. The van der Waals surface area contributed by atoms with Gasteiger partial charge in [0.15, 0.2) is 5.78 Å². The summed E-state index contributed by atoms with van der Waals surface area (Å²) in [6.07, 6.45) is 3.80. The van der Waals surface area contributed by atoms with Crippen LogP contribution in [0.4, 0.5) is 0 Å². The van der Waals surface area contributed by atoms with Crippen LogP contribution in [0.25, 0.3) is 0 Å². The van der Waals surface area contributed by atoms with E-state index in [4.69, 9.17) is 4.74 Å². The minimum atomic E-state index is -0.508. The van der Waals surface area contributed by atoms with Gasteiger partial charge in [-0.1, -0.05) is 0 Å². The van der Waals surface area contributed by atoms with E-state index in [1.165, 1.54) is 7.11 Å². The van der Waals surface area contributed by atoms with E-state index < -0.39 is 12.0 Å². The van der Waals surface area contributed by atoms with Crippen LogP contribution in [-0.2, 0) is 16.6 Å². The summed E-state index contributed by atoms with van der Waals surface area (Å²) < 4.78 is 6.54. The molecule has 6 nitrogen and oxygen atoms in total. The number of carbonyl (C=O) groups excluding carboxylic acids is 3. The predicted molar refractivity (Wildman–Crippen MR) is 92.6 cm³/mol. The van der Waals surface area contributed by atoms with Crippen LogP contribution in [0, 0.1) is 19.8 Å². The van der Waals surface area contributed by atoms with Gasteiger partial charge in [-0.15, -0.1) is 0 Å². The van der Waals surface area contributed by atoms with Crippen molar-refractivity contribution in [2.45, 2.75) is 58.5 Å². The van der Waals surface area contributed by atoms with Crippen molar-refractivity contribution in [3.8, 4) is 0 Å². The van der Waals surface area contributed by atoms with E-state index in [1.54, 1.807) is 23.4 Å². The highest BCUT2D eigenvalue weighted by atomic mass is 16.5. The number of ketones is 1. The first kappa shape index (κ1) is 17.7. The highest BCUT2D eigenvalue weighted by molar-refractivity contribution is 6.06. The van der Waals surface area contributed by atoms with Crippen molar-refractivity contribution in [1.29, 1.82) is 0 Å². The van der Waals surface area contributed by atoms with Gasteiger partial charge in [-0.25, -0.2) is 4.79 Å². The molecule has 6 heteroatoms. The van der Waals surface area contributed by atoms with E-state index in [0.717, 1.165) is 31.4 Å². The number of nitrogens with zero attached hydrogens (tertiary/aromatic N) is 2. The van der Waals surface area contributed by atoms with Crippen molar-refractivity contribution >= 4 is 17.7 Å². The van der Waals surface area contributed by atoms with Crippen LogP contribution < -0.4 is 0 Å². The minimum Gasteiger partial charge on any atom is -0.464 e. The van der Waals surface area contributed by atoms with E-state index in [9.17, 15) is 14.4 Å². The van der Waals surface area contributed by atoms with Crippen LogP contribution in [0.1, 0.15) is 64.7 Å². The van der Waals surface area contributed by atoms with Gasteiger partial charge in [0.1, 0.15) is 5.69 Å². The van der Waals surface area contributed by atoms with Gasteiger partial charge in [0.25, 0.3) is 0 Å². The molecule has 1 amide bonds. The predicted octanol–water partition coefficient (Wildman–Crippen LogP) is 2.40. The highest BCUT2D eigenvalue weighted by Crippen LogP contribution is 2.38. The van der Waals surface area contributed by atoms with E-state index in [-0.39, 0.29) is 23.7 Å². The Kier molecular flexibility index (Phi) is 4.47. The standard InChI is InChI=1S/C19H26N2O4/c1-10-15(11(2)20(4)16(10)19(24)25-5)17(22)12(3)21(14-8-9-14)18(23)13-6-7-13/h12-14H,6-9H2,1-5H3/t12-/m0/s1. The van der Waals surface area contributed by atoms with Crippen molar-refractivity contribution in [3.63, 3.8) is 0 Å². The SMILES string of the molecule is COC(=O)c1c(C)c(C(=O)[C@H](C)N(C(=O)C2CC2)C2CC2)c(C)n1C. The largest absolute Gasteiger partial charge is 0.464 e. The molecule has 0 N–H and O–H groups in total. The molecule has 0 saturated heterocycles. The molecule has 2 saturated carbocycles. The molecule has 25 heavy (non-hydrogen) atoms. The molecule has 0 bridgehead atoms. The Morgan fingerprint density at radius 1 is 1.16 bits per heavy atom. The van der Waals surface area contributed by atoms with E-state index in [2.05, 4.69) is 0 Å². The van der Waals surface area contributed by atoms with E-state index in [1.807, 2.05) is 13.8 Å². The maximum Gasteiger partial charge on any atom is 0.354 e.